The van der Waals surface area contributed by atoms with Crippen LogP contribution in [0.15, 0.2) is 24.5 Å². The van der Waals surface area contributed by atoms with Gasteiger partial charge in [-0.25, -0.2) is 9.67 Å². The number of nitrogens with zero attached hydrogens (tertiary/aromatic N) is 4. The topological polar surface area (TPSA) is 69.6 Å². The van der Waals surface area contributed by atoms with Crippen LogP contribution in [-0.4, -0.2) is 20.0 Å². The summed E-state index contributed by atoms with van der Waals surface area (Å²) >= 11 is 0. The predicted molar refractivity (Wildman–Crippen MR) is 58.0 cm³/mol. The summed E-state index contributed by atoms with van der Waals surface area (Å²) in [6, 6.07) is 3.78. The van der Waals surface area contributed by atoms with Crippen molar-refractivity contribution >= 4 is 5.82 Å². The Labute approximate surface area is 87.9 Å². The molecule has 5 nitrogen and oxygen atoms in total. The Morgan fingerprint density at radius 2 is 2.33 bits per heavy atom. The lowest BCUT2D eigenvalue weighted by molar-refractivity contribution is 0.584. The fourth-order valence-corrected chi connectivity index (χ4v) is 1.48. The van der Waals surface area contributed by atoms with Gasteiger partial charge in [0.1, 0.15) is 5.82 Å². The van der Waals surface area contributed by atoms with E-state index in [4.69, 9.17) is 5.73 Å². The molecule has 2 aromatic rings. The molecule has 0 fully saturated rings. The third kappa shape index (κ3) is 1.81. The molecule has 0 unspecified atom stereocenters. The first-order chi connectivity index (χ1) is 7.33. The number of aryl methyl sites for hydroxylation is 1. The zero-order valence-corrected chi connectivity index (χ0v) is 8.59. The van der Waals surface area contributed by atoms with E-state index in [2.05, 4.69) is 22.2 Å². The monoisotopic (exact) mass is 203 g/mol. The van der Waals surface area contributed by atoms with Gasteiger partial charge in [-0.15, -0.1) is 5.10 Å². The Morgan fingerprint density at radius 3 is 3.07 bits per heavy atom. The summed E-state index contributed by atoms with van der Waals surface area (Å²) in [5.41, 5.74) is 7.60. The van der Waals surface area contributed by atoms with Gasteiger partial charge in [0.25, 0.3) is 0 Å². The van der Waals surface area contributed by atoms with Gasteiger partial charge < -0.3 is 5.73 Å². The van der Waals surface area contributed by atoms with E-state index in [0.717, 1.165) is 24.2 Å². The first kappa shape index (κ1) is 9.64. The second-order valence-corrected chi connectivity index (χ2v) is 3.28. The minimum absolute atomic E-state index is 0.511. The van der Waals surface area contributed by atoms with Gasteiger partial charge in [-0.05, 0) is 18.6 Å². The fraction of sp³-hybridized carbons (Fsp3) is 0.300. The summed E-state index contributed by atoms with van der Waals surface area (Å²) in [7, 11) is 0. The molecule has 2 heterocycles. The van der Waals surface area contributed by atoms with Crippen LogP contribution in [-0.2, 0) is 6.54 Å². The van der Waals surface area contributed by atoms with Gasteiger partial charge in [0.15, 0.2) is 0 Å². The molecule has 0 atom stereocenters. The molecule has 0 aliphatic heterocycles. The van der Waals surface area contributed by atoms with Crippen LogP contribution in [0.3, 0.4) is 0 Å². The average molecular weight is 203 g/mol. The van der Waals surface area contributed by atoms with Gasteiger partial charge in [0.05, 0.1) is 11.9 Å². The molecule has 0 radical (unpaired) electrons. The van der Waals surface area contributed by atoms with Crippen molar-refractivity contribution in [2.24, 2.45) is 0 Å². The van der Waals surface area contributed by atoms with E-state index in [1.165, 1.54) is 0 Å². The number of nitrogens with two attached hydrogens (primary N) is 1. The smallest absolute Gasteiger partial charge is 0.132 e. The molecule has 0 amide bonds. The van der Waals surface area contributed by atoms with Crippen molar-refractivity contribution in [3.05, 3.63) is 24.5 Å². The number of pyridine rings is 1. The quantitative estimate of drug-likeness (QED) is 0.817. The Kier molecular flexibility index (Phi) is 2.62. The van der Waals surface area contributed by atoms with Crippen LogP contribution in [0, 0.1) is 0 Å². The SMILES string of the molecule is CCCn1nncc1-c1cccnc1N. The molecule has 0 aliphatic rings. The molecule has 15 heavy (non-hydrogen) atoms. The van der Waals surface area contributed by atoms with Crippen LogP contribution in [0.2, 0.25) is 0 Å². The average Bonchev–Trinajstić information content (AvgIpc) is 2.67. The maximum atomic E-state index is 5.80. The summed E-state index contributed by atoms with van der Waals surface area (Å²) in [6.45, 7) is 2.93. The maximum Gasteiger partial charge on any atom is 0.132 e. The van der Waals surface area contributed by atoms with Gasteiger partial charge in [-0.2, -0.15) is 0 Å². The largest absolute Gasteiger partial charge is 0.383 e. The van der Waals surface area contributed by atoms with Crippen molar-refractivity contribution in [1.82, 2.24) is 20.0 Å². The number of nitrogen functional groups attached to an aromatic ring is 1. The van der Waals surface area contributed by atoms with Gasteiger partial charge >= 0.3 is 0 Å². The third-order valence-electron chi connectivity index (χ3n) is 2.17. The number of rotatable bonds is 3. The summed E-state index contributed by atoms with van der Waals surface area (Å²) in [5, 5.41) is 7.89. The van der Waals surface area contributed by atoms with Crippen LogP contribution >= 0.6 is 0 Å². The van der Waals surface area contributed by atoms with E-state index in [1.807, 2.05) is 16.8 Å². The fourth-order valence-electron chi connectivity index (χ4n) is 1.48. The van der Waals surface area contributed by atoms with E-state index in [9.17, 15) is 0 Å². The van der Waals surface area contributed by atoms with Crippen molar-refractivity contribution in [2.75, 3.05) is 5.73 Å². The van der Waals surface area contributed by atoms with Gasteiger partial charge in [-0.1, -0.05) is 12.1 Å². The van der Waals surface area contributed by atoms with Crippen LogP contribution in [0.1, 0.15) is 13.3 Å². The lowest BCUT2D eigenvalue weighted by atomic mass is 10.2. The zero-order chi connectivity index (χ0) is 10.7. The highest BCUT2D eigenvalue weighted by atomic mass is 15.4. The van der Waals surface area contributed by atoms with Gasteiger partial charge in [0.2, 0.25) is 0 Å². The normalized spacial score (nSPS) is 10.5. The number of aromatic nitrogens is 4. The van der Waals surface area contributed by atoms with Gasteiger partial charge in [-0.3, -0.25) is 0 Å². The highest BCUT2D eigenvalue weighted by molar-refractivity contribution is 5.69. The maximum absolute atomic E-state index is 5.80. The summed E-state index contributed by atoms with van der Waals surface area (Å²) < 4.78 is 1.84. The number of hydrogen-bond donors (Lipinski definition) is 1. The number of hydrogen-bond acceptors (Lipinski definition) is 4. The van der Waals surface area contributed by atoms with Crippen molar-refractivity contribution in [2.45, 2.75) is 19.9 Å². The van der Waals surface area contributed by atoms with Crippen LogP contribution in [0.4, 0.5) is 5.82 Å². The summed E-state index contributed by atoms with van der Waals surface area (Å²) in [4.78, 5) is 4.05. The molecule has 0 saturated heterocycles. The second kappa shape index (κ2) is 4.08. The van der Waals surface area contributed by atoms with Crippen LogP contribution in [0.25, 0.3) is 11.3 Å². The van der Waals surface area contributed by atoms with Crippen molar-refractivity contribution in [3.8, 4) is 11.3 Å². The van der Waals surface area contributed by atoms with Crippen LogP contribution < -0.4 is 5.73 Å². The second-order valence-electron chi connectivity index (χ2n) is 3.28. The molecule has 0 saturated carbocycles. The molecular formula is C10H13N5. The molecule has 5 heteroatoms. The van der Waals surface area contributed by atoms with Crippen molar-refractivity contribution in [1.29, 1.82) is 0 Å². The Morgan fingerprint density at radius 1 is 1.47 bits per heavy atom. The van der Waals surface area contributed by atoms with Crippen LogP contribution in [0.5, 0.6) is 0 Å². The van der Waals surface area contributed by atoms with E-state index < -0.39 is 0 Å². The minimum Gasteiger partial charge on any atom is -0.383 e. The molecule has 78 valence electrons. The lowest BCUT2D eigenvalue weighted by Crippen LogP contribution is -2.03. The van der Waals surface area contributed by atoms with Gasteiger partial charge in [0, 0.05) is 18.3 Å². The molecule has 0 aliphatic carbocycles. The van der Waals surface area contributed by atoms with E-state index in [-0.39, 0.29) is 0 Å². The predicted octanol–water partition coefficient (Wildman–Crippen LogP) is 1.33. The molecule has 0 aromatic carbocycles. The minimum atomic E-state index is 0.511. The molecule has 0 spiro atoms. The lowest BCUT2D eigenvalue weighted by Gasteiger charge is -2.05. The summed E-state index contributed by atoms with van der Waals surface area (Å²) in [6.07, 6.45) is 4.40. The first-order valence-electron chi connectivity index (χ1n) is 4.92. The molecule has 2 aromatic heterocycles. The Hall–Kier alpha value is -1.91. The van der Waals surface area contributed by atoms with Crippen molar-refractivity contribution in [3.63, 3.8) is 0 Å². The zero-order valence-electron chi connectivity index (χ0n) is 8.59. The number of anilines is 1. The van der Waals surface area contributed by atoms with E-state index in [0.29, 0.717) is 5.82 Å². The molecule has 0 bridgehead atoms. The van der Waals surface area contributed by atoms with Crippen molar-refractivity contribution < 1.29 is 0 Å². The third-order valence-corrected chi connectivity index (χ3v) is 2.17. The highest BCUT2D eigenvalue weighted by Crippen LogP contribution is 2.22. The molecular weight excluding hydrogens is 190 g/mol. The Balaban J connectivity index is 2.45. The van der Waals surface area contributed by atoms with E-state index >= 15 is 0 Å². The Bertz CT molecular complexity index is 449. The standard InChI is InChI=1S/C10H13N5/c1-2-6-15-9(7-13-14-15)8-4-3-5-12-10(8)11/h3-5,7H,2,6H2,1H3,(H2,11,12). The summed E-state index contributed by atoms with van der Waals surface area (Å²) in [5.74, 6) is 0.511. The van der Waals surface area contributed by atoms with E-state index in [1.54, 1.807) is 12.4 Å². The highest BCUT2D eigenvalue weighted by Gasteiger charge is 2.08. The first-order valence-corrected chi connectivity index (χ1v) is 4.92. The molecule has 2 rings (SSSR count). The molecule has 2 N–H and O–H groups in total.